The molecular formula is C19H27NO4. The fourth-order valence-corrected chi connectivity index (χ4v) is 3.77. The summed E-state index contributed by atoms with van der Waals surface area (Å²) >= 11 is 0. The van der Waals surface area contributed by atoms with Crippen molar-refractivity contribution >= 4 is 5.97 Å². The summed E-state index contributed by atoms with van der Waals surface area (Å²) in [7, 11) is 0. The monoisotopic (exact) mass is 333 g/mol. The van der Waals surface area contributed by atoms with Crippen molar-refractivity contribution < 1.29 is 19.7 Å². The first kappa shape index (κ1) is 17.2. The third-order valence-corrected chi connectivity index (χ3v) is 5.30. The highest BCUT2D eigenvalue weighted by atomic mass is 16.5. The van der Waals surface area contributed by atoms with Crippen molar-refractivity contribution in [3.63, 3.8) is 0 Å². The van der Waals surface area contributed by atoms with Gasteiger partial charge < -0.3 is 20.3 Å². The van der Waals surface area contributed by atoms with Gasteiger partial charge in [-0.25, -0.2) is 0 Å². The lowest BCUT2D eigenvalue weighted by atomic mass is 9.85. The van der Waals surface area contributed by atoms with E-state index in [0.717, 1.165) is 30.6 Å². The molecule has 1 fully saturated rings. The summed E-state index contributed by atoms with van der Waals surface area (Å²) in [4.78, 5) is 11.2. The Labute approximate surface area is 143 Å². The van der Waals surface area contributed by atoms with E-state index in [-0.39, 0.29) is 18.0 Å². The van der Waals surface area contributed by atoms with Gasteiger partial charge in [-0.15, -0.1) is 0 Å². The van der Waals surface area contributed by atoms with Crippen molar-refractivity contribution in [2.75, 3.05) is 6.61 Å². The highest BCUT2D eigenvalue weighted by Crippen LogP contribution is 2.35. The van der Waals surface area contributed by atoms with Crippen LogP contribution in [0.15, 0.2) is 18.2 Å². The van der Waals surface area contributed by atoms with E-state index in [9.17, 15) is 15.0 Å². The van der Waals surface area contributed by atoms with Gasteiger partial charge in [0, 0.05) is 11.6 Å². The van der Waals surface area contributed by atoms with Gasteiger partial charge in [0.1, 0.15) is 18.5 Å². The second kappa shape index (κ2) is 7.11. The van der Waals surface area contributed by atoms with E-state index < -0.39 is 12.1 Å². The largest absolute Gasteiger partial charge is 0.491 e. The second-order valence-corrected chi connectivity index (χ2v) is 7.38. The molecule has 24 heavy (non-hydrogen) atoms. The summed E-state index contributed by atoms with van der Waals surface area (Å²) in [5.74, 6) is 0.188. The number of aliphatic hydroxyl groups is 1. The first-order chi connectivity index (χ1) is 11.5. The zero-order valence-electron chi connectivity index (χ0n) is 14.4. The Morgan fingerprint density at radius 2 is 2.12 bits per heavy atom. The predicted molar refractivity (Wildman–Crippen MR) is 91.3 cm³/mol. The number of hydrogen-bond acceptors (Lipinski definition) is 4. The smallest absolute Gasteiger partial charge is 0.306 e. The molecule has 1 aromatic rings. The van der Waals surface area contributed by atoms with Crippen LogP contribution < -0.4 is 10.1 Å². The molecule has 1 aromatic carbocycles. The lowest BCUT2D eigenvalue weighted by molar-refractivity contribution is -0.143. The number of carboxylic acid groups (broad SMARTS) is 1. The van der Waals surface area contributed by atoms with Gasteiger partial charge in [-0.05, 0) is 36.8 Å². The zero-order chi connectivity index (χ0) is 17.3. The van der Waals surface area contributed by atoms with Gasteiger partial charge in [-0.2, -0.15) is 0 Å². The maximum Gasteiger partial charge on any atom is 0.306 e. The number of benzene rings is 1. The number of ether oxygens (including phenoxy) is 1. The minimum atomic E-state index is -0.714. The second-order valence-electron chi connectivity index (χ2n) is 7.38. The van der Waals surface area contributed by atoms with Crippen LogP contribution in [-0.2, 0) is 4.79 Å². The van der Waals surface area contributed by atoms with Crippen LogP contribution in [0.5, 0.6) is 5.75 Å². The average molecular weight is 333 g/mol. The number of hydrogen-bond donors (Lipinski definition) is 3. The van der Waals surface area contributed by atoms with Crippen LogP contribution in [0.2, 0.25) is 0 Å². The lowest BCUT2D eigenvalue weighted by Gasteiger charge is -2.36. The minimum absolute atomic E-state index is 0.125. The summed E-state index contributed by atoms with van der Waals surface area (Å²) in [5, 5.41) is 23.3. The third-order valence-electron chi connectivity index (χ3n) is 5.30. The van der Waals surface area contributed by atoms with Crippen molar-refractivity contribution in [2.45, 2.75) is 63.6 Å². The molecule has 2 aliphatic rings. The number of carbonyl (C=O) groups is 1. The molecule has 1 saturated carbocycles. The van der Waals surface area contributed by atoms with Gasteiger partial charge >= 0.3 is 5.97 Å². The van der Waals surface area contributed by atoms with Gasteiger partial charge in [0.25, 0.3) is 0 Å². The molecule has 3 N–H and O–H groups in total. The molecule has 0 bridgehead atoms. The number of fused-ring (bicyclic) bond motifs is 1. The van der Waals surface area contributed by atoms with Crippen molar-refractivity contribution in [3.05, 3.63) is 29.3 Å². The highest BCUT2D eigenvalue weighted by molar-refractivity contribution is 5.70. The Hall–Kier alpha value is -1.59. The fourth-order valence-electron chi connectivity index (χ4n) is 3.77. The first-order valence-corrected chi connectivity index (χ1v) is 8.89. The number of rotatable bonds is 4. The molecule has 5 nitrogen and oxygen atoms in total. The SMILES string of the molecule is CC(C)c1ccc2c(c1)OC[C@@H](NC1CCCC(C(=O)O)C1)[C@H]2O. The third kappa shape index (κ3) is 3.57. The van der Waals surface area contributed by atoms with Gasteiger partial charge in [-0.1, -0.05) is 32.4 Å². The molecule has 4 atom stereocenters. The van der Waals surface area contributed by atoms with Crippen LogP contribution in [0.25, 0.3) is 0 Å². The Morgan fingerprint density at radius 3 is 2.83 bits per heavy atom. The molecular weight excluding hydrogens is 306 g/mol. The topological polar surface area (TPSA) is 78.8 Å². The van der Waals surface area contributed by atoms with Gasteiger partial charge in [0.2, 0.25) is 0 Å². The summed E-state index contributed by atoms with van der Waals surface area (Å²) in [5.41, 5.74) is 2.01. The lowest BCUT2D eigenvalue weighted by Crippen LogP contribution is -2.49. The van der Waals surface area contributed by atoms with Crippen molar-refractivity contribution in [3.8, 4) is 5.75 Å². The molecule has 1 aliphatic heterocycles. The summed E-state index contributed by atoms with van der Waals surface area (Å²) < 4.78 is 5.87. The molecule has 132 valence electrons. The Morgan fingerprint density at radius 1 is 1.33 bits per heavy atom. The Kier molecular flexibility index (Phi) is 5.11. The molecule has 2 unspecified atom stereocenters. The van der Waals surface area contributed by atoms with Crippen LogP contribution in [0.1, 0.15) is 62.7 Å². The Balaban J connectivity index is 1.67. The molecule has 0 spiro atoms. The van der Waals surface area contributed by atoms with Crippen LogP contribution in [-0.4, -0.2) is 34.9 Å². The van der Waals surface area contributed by atoms with Gasteiger partial charge in [0.15, 0.2) is 0 Å². The molecule has 0 radical (unpaired) electrons. The summed E-state index contributed by atoms with van der Waals surface area (Å²) in [6.07, 6.45) is 2.61. The summed E-state index contributed by atoms with van der Waals surface area (Å²) in [6.45, 7) is 4.67. The molecule has 0 aromatic heterocycles. The minimum Gasteiger partial charge on any atom is -0.491 e. The zero-order valence-corrected chi connectivity index (χ0v) is 14.4. The Bertz CT molecular complexity index is 601. The average Bonchev–Trinajstić information content (AvgIpc) is 2.57. The number of aliphatic carboxylic acids is 1. The molecule has 1 aliphatic carbocycles. The van der Waals surface area contributed by atoms with Gasteiger partial charge in [0.05, 0.1) is 12.0 Å². The molecule has 0 saturated heterocycles. The van der Waals surface area contributed by atoms with E-state index in [4.69, 9.17) is 4.74 Å². The maximum atomic E-state index is 11.2. The van der Waals surface area contributed by atoms with E-state index in [1.54, 1.807) is 0 Å². The van der Waals surface area contributed by atoms with Gasteiger partial charge in [-0.3, -0.25) is 4.79 Å². The van der Waals surface area contributed by atoms with Crippen molar-refractivity contribution in [1.29, 1.82) is 0 Å². The number of aliphatic hydroxyl groups excluding tert-OH is 1. The predicted octanol–water partition coefficient (Wildman–Crippen LogP) is 2.84. The van der Waals surface area contributed by atoms with Crippen LogP contribution in [0, 0.1) is 5.92 Å². The van der Waals surface area contributed by atoms with E-state index in [1.807, 2.05) is 18.2 Å². The van der Waals surface area contributed by atoms with Crippen molar-refractivity contribution in [2.24, 2.45) is 5.92 Å². The van der Waals surface area contributed by atoms with E-state index in [1.165, 1.54) is 5.56 Å². The van der Waals surface area contributed by atoms with E-state index >= 15 is 0 Å². The molecule has 0 amide bonds. The van der Waals surface area contributed by atoms with Crippen LogP contribution >= 0.6 is 0 Å². The van der Waals surface area contributed by atoms with Crippen LogP contribution in [0.3, 0.4) is 0 Å². The quantitative estimate of drug-likeness (QED) is 0.790. The van der Waals surface area contributed by atoms with E-state index in [0.29, 0.717) is 18.9 Å². The van der Waals surface area contributed by atoms with Crippen LogP contribution in [0.4, 0.5) is 0 Å². The molecule has 5 heteroatoms. The summed E-state index contributed by atoms with van der Waals surface area (Å²) in [6, 6.07) is 5.93. The molecule has 3 rings (SSSR count). The van der Waals surface area contributed by atoms with E-state index in [2.05, 4.69) is 19.2 Å². The fraction of sp³-hybridized carbons (Fsp3) is 0.632. The first-order valence-electron chi connectivity index (χ1n) is 8.89. The van der Waals surface area contributed by atoms with Crippen molar-refractivity contribution in [1.82, 2.24) is 5.32 Å². The highest BCUT2D eigenvalue weighted by Gasteiger charge is 2.34. The number of carboxylic acids is 1. The standard InChI is InChI=1S/C19H27NO4/c1-11(2)12-6-7-15-17(9-12)24-10-16(18(15)21)20-14-5-3-4-13(8-14)19(22)23/h6-7,9,11,13-14,16,18,20-21H,3-5,8,10H2,1-2H3,(H,22,23)/t13?,14?,16-,18+/m1/s1. The maximum absolute atomic E-state index is 11.2. The normalized spacial score (nSPS) is 29.8. The number of nitrogens with one attached hydrogen (secondary N) is 1. The molecule has 1 heterocycles.